The van der Waals surface area contributed by atoms with Crippen molar-refractivity contribution in [1.82, 2.24) is 14.9 Å². The van der Waals surface area contributed by atoms with E-state index < -0.39 is 0 Å². The molecule has 0 saturated carbocycles. The lowest BCUT2D eigenvalue weighted by Gasteiger charge is -2.34. The number of aromatic nitrogens is 2. The summed E-state index contributed by atoms with van der Waals surface area (Å²) in [6, 6.07) is 10.6. The van der Waals surface area contributed by atoms with Crippen LogP contribution in [0.5, 0.6) is 0 Å². The summed E-state index contributed by atoms with van der Waals surface area (Å²) in [5, 5.41) is 0. The molecule has 4 nitrogen and oxygen atoms in total. The zero-order chi connectivity index (χ0) is 15.4. The molecular formula is C17H21BrN4. The van der Waals surface area contributed by atoms with Crippen LogP contribution in [-0.4, -0.2) is 47.6 Å². The largest absolute Gasteiger partial charge is 0.338 e. The summed E-state index contributed by atoms with van der Waals surface area (Å²) in [5.41, 5.74) is 2.43. The molecule has 1 aliphatic heterocycles. The molecule has 116 valence electrons. The van der Waals surface area contributed by atoms with Gasteiger partial charge >= 0.3 is 0 Å². The van der Waals surface area contributed by atoms with Gasteiger partial charge in [0.2, 0.25) is 5.95 Å². The molecule has 0 amide bonds. The van der Waals surface area contributed by atoms with E-state index in [4.69, 9.17) is 0 Å². The van der Waals surface area contributed by atoms with Crippen molar-refractivity contribution in [3.8, 4) is 0 Å². The SMILES string of the molecule is Cc1ccnc(N2CCN(CCc3ccc(Br)cc3)CC2)n1. The molecular weight excluding hydrogens is 340 g/mol. The van der Waals surface area contributed by atoms with Crippen LogP contribution in [0.15, 0.2) is 41.0 Å². The number of hydrogen-bond acceptors (Lipinski definition) is 4. The van der Waals surface area contributed by atoms with Crippen LogP contribution in [-0.2, 0) is 6.42 Å². The highest BCUT2D eigenvalue weighted by molar-refractivity contribution is 9.10. The first-order chi connectivity index (χ1) is 10.7. The van der Waals surface area contributed by atoms with Crippen molar-refractivity contribution in [3.63, 3.8) is 0 Å². The van der Waals surface area contributed by atoms with Gasteiger partial charge in [-0.15, -0.1) is 0 Å². The summed E-state index contributed by atoms with van der Waals surface area (Å²) < 4.78 is 1.14. The molecule has 0 spiro atoms. The third-order valence-electron chi connectivity index (χ3n) is 4.07. The topological polar surface area (TPSA) is 32.3 Å². The molecule has 1 aliphatic rings. The monoisotopic (exact) mass is 360 g/mol. The number of aryl methyl sites for hydroxylation is 1. The van der Waals surface area contributed by atoms with E-state index in [1.807, 2.05) is 19.2 Å². The standard InChI is InChI=1S/C17H21BrN4/c1-14-6-8-19-17(20-14)22-12-10-21(11-13-22)9-7-15-2-4-16(18)5-3-15/h2-6,8H,7,9-13H2,1H3. The maximum atomic E-state index is 4.52. The van der Waals surface area contributed by atoms with Gasteiger partial charge in [0.1, 0.15) is 0 Å². The van der Waals surface area contributed by atoms with Crippen molar-refractivity contribution < 1.29 is 0 Å². The molecule has 1 saturated heterocycles. The average molecular weight is 361 g/mol. The fourth-order valence-corrected chi connectivity index (χ4v) is 2.96. The van der Waals surface area contributed by atoms with E-state index >= 15 is 0 Å². The van der Waals surface area contributed by atoms with Crippen LogP contribution in [0.4, 0.5) is 5.95 Å². The van der Waals surface area contributed by atoms with Crippen LogP contribution in [0.25, 0.3) is 0 Å². The Morgan fingerprint density at radius 1 is 1.05 bits per heavy atom. The molecule has 0 unspecified atom stereocenters. The summed E-state index contributed by atoms with van der Waals surface area (Å²) in [5.74, 6) is 0.868. The Balaban J connectivity index is 1.48. The van der Waals surface area contributed by atoms with Gasteiger partial charge in [0.15, 0.2) is 0 Å². The molecule has 1 fully saturated rings. The van der Waals surface area contributed by atoms with Crippen molar-refractivity contribution in [2.24, 2.45) is 0 Å². The average Bonchev–Trinajstić information content (AvgIpc) is 2.55. The predicted octanol–water partition coefficient (Wildman–Crippen LogP) is 2.91. The van der Waals surface area contributed by atoms with E-state index in [0.717, 1.165) is 55.3 Å². The van der Waals surface area contributed by atoms with E-state index in [1.165, 1.54) is 5.56 Å². The molecule has 0 N–H and O–H groups in total. The van der Waals surface area contributed by atoms with Crippen molar-refractivity contribution in [2.75, 3.05) is 37.6 Å². The van der Waals surface area contributed by atoms with Crippen molar-refractivity contribution in [2.45, 2.75) is 13.3 Å². The Morgan fingerprint density at radius 2 is 1.77 bits per heavy atom. The van der Waals surface area contributed by atoms with Gasteiger partial charge in [-0.25, -0.2) is 9.97 Å². The Hall–Kier alpha value is -1.46. The van der Waals surface area contributed by atoms with Crippen molar-refractivity contribution in [3.05, 3.63) is 52.3 Å². The normalized spacial score (nSPS) is 16.0. The molecule has 5 heteroatoms. The molecule has 2 heterocycles. The van der Waals surface area contributed by atoms with E-state index in [2.05, 4.69) is 60.0 Å². The fourth-order valence-electron chi connectivity index (χ4n) is 2.70. The number of nitrogens with zero attached hydrogens (tertiary/aromatic N) is 4. The van der Waals surface area contributed by atoms with Crippen LogP contribution in [0, 0.1) is 6.92 Å². The van der Waals surface area contributed by atoms with Crippen molar-refractivity contribution >= 4 is 21.9 Å². The van der Waals surface area contributed by atoms with Gasteiger partial charge < -0.3 is 4.90 Å². The third kappa shape index (κ3) is 4.05. The quantitative estimate of drug-likeness (QED) is 0.838. The summed E-state index contributed by atoms with van der Waals surface area (Å²) in [6.07, 6.45) is 2.95. The lowest BCUT2D eigenvalue weighted by molar-refractivity contribution is 0.259. The summed E-state index contributed by atoms with van der Waals surface area (Å²) >= 11 is 3.48. The van der Waals surface area contributed by atoms with E-state index in [1.54, 1.807) is 0 Å². The van der Waals surface area contributed by atoms with Crippen molar-refractivity contribution in [1.29, 1.82) is 0 Å². The second-order valence-electron chi connectivity index (χ2n) is 5.70. The van der Waals surface area contributed by atoms with E-state index in [0.29, 0.717) is 0 Å². The lowest BCUT2D eigenvalue weighted by Crippen LogP contribution is -2.47. The Bertz CT molecular complexity index is 606. The first-order valence-electron chi connectivity index (χ1n) is 7.72. The van der Waals surface area contributed by atoms with Crippen LogP contribution in [0.1, 0.15) is 11.3 Å². The van der Waals surface area contributed by atoms with Gasteiger partial charge in [-0.05, 0) is 37.1 Å². The molecule has 3 rings (SSSR count). The highest BCUT2D eigenvalue weighted by atomic mass is 79.9. The summed E-state index contributed by atoms with van der Waals surface area (Å²) in [4.78, 5) is 13.7. The summed E-state index contributed by atoms with van der Waals surface area (Å²) in [6.45, 7) is 7.29. The summed E-state index contributed by atoms with van der Waals surface area (Å²) in [7, 11) is 0. The van der Waals surface area contributed by atoms with Gasteiger partial charge in [-0.1, -0.05) is 28.1 Å². The minimum absolute atomic E-state index is 0.868. The number of piperazine rings is 1. The molecule has 0 aliphatic carbocycles. The molecule has 22 heavy (non-hydrogen) atoms. The third-order valence-corrected chi connectivity index (χ3v) is 4.60. The second kappa shape index (κ2) is 7.20. The van der Waals surface area contributed by atoms with E-state index in [-0.39, 0.29) is 0 Å². The number of halogens is 1. The van der Waals surface area contributed by atoms with Crippen LogP contribution in [0.3, 0.4) is 0 Å². The highest BCUT2D eigenvalue weighted by Gasteiger charge is 2.18. The number of hydrogen-bond donors (Lipinski definition) is 0. The first kappa shape index (κ1) is 15.4. The van der Waals surface area contributed by atoms with Crippen LogP contribution < -0.4 is 4.90 Å². The van der Waals surface area contributed by atoms with Gasteiger partial charge in [-0.3, -0.25) is 4.90 Å². The van der Waals surface area contributed by atoms with Gasteiger partial charge in [0.25, 0.3) is 0 Å². The van der Waals surface area contributed by atoms with Crippen LogP contribution >= 0.6 is 15.9 Å². The zero-order valence-corrected chi connectivity index (χ0v) is 14.5. The van der Waals surface area contributed by atoms with Gasteiger partial charge in [0.05, 0.1) is 0 Å². The molecule has 1 aromatic carbocycles. The lowest BCUT2D eigenvalue weighted by atomic mass is 10.1. The molecule has 0 atom stereocenters. The number of benzene rings is 1. The maximum Gasteiger partial charge on any atom is 0.225 e. The smallest absolute Gasteiger partial charge is 0.225 e. The minimum atomic E-state index is 0.868. The zero-order valence-electron chi connectivity index (χ0n) is 12.9. The maximum absolute atomic E-state index is 4.52. The van der Waals surface area contributed by atoms with Crippen LogP contribution in [0.2, 0.25) is 0 Å². The van der Waals surface area contributed by atoms with Gasteiger partial charge in [0, 0.05) is 49.1 Å². The Morgan fingerprint density at radius 3 is 2.45 bits per heavy atom. The Labute approximate surface area is 140 Å². The number of anilines is 1. The number of rotatable bonds is 4. The highest BCUT2D eigenvalue weighted by Crippen LogP contribution is 2.13. The second-order valence-corrected chi connectivity index (χ2v) is 6.62. The minimum Gasteiger partial charge on any atom is -0.338 e. The van der Waals surface area contributed by atoms with E-state index in [9.17, 15) is 0 Å². The first-order valence-corrected chi connectivity index (χ1v) is 8.51. The molecule has 0 bridgehead atoms. The molecule has 2 aromatic rings. The molecule has 1 aromatic heterocycles. The Kier molecular flexibility index (Phi) is 5.05. The predicted molar refractivity (Wildman–Crippen MR) is 93.3 cm³/mol. The fraction of sp³-hybridized carbons (Fsp3) is 0.412. The molecule has 0 radical (unpaired) electrons. The van der Waals surface area contributed by atoms with Gasteiger partial charge in [-0.2, -0.15) is 0 Å².